The van der Waals surface area contributed by atoms with E-state index in [0.29, 0.717) is 5.69 Å². The van der Waals surface area contributed by atoms with Crippen LogP contribution in [0, 0.1) is 0 Å². The Morgan fingerprint density at radius 1 is 1.18 bits per heavy atom. The summed E-state index contributed by atoms with van der Waals surface area (Å²) in [6, 6.07) is 8.21. The van der Waals surface area contributed by atoms with Gasteiger partial charge in [-0.25, -0.2) is 18.0 Å². The maximum atomic E-state index is 12.6. The summed E-state index contributed by atoms with van der Waals surface area (Å²) in [7, 11) is -1.90. The first-order valence-electron chi connectivity index (χ1n) is 8.96. The molecule has 0 bridgehead atoms. The average molecular weight is 415 g/mol. The van der Waals surface area contributed by atoms with Crippen LogP contribution < -0.4 is 5.32 Å². The molecule has 1 aromatic rings. The van der Waals surface area contributed by atoms with E-state index in [0.717, 1.165) is 6.26 Å². The molecule has 1 N–H and O–H groups in total. The van der Waals surface area contributed by atoms with E-state index in [2.05, 4.69) is 5.32 Å². The predicted molar refractivity (Wildman–Crippen MR) is 108 cm³/mol. The molecule has 158 valence electrons. The summed E-state index contributed by atoms with van der Waals surface area (Å²) in [5, 5.41) is 3.04. The molecular weight excluding hydrogens is 384 g/mol. The van der Waals surface area contributed by atoms with Crippen LogP contribution in [-0.4, -0.2) is 69.2 Å². The number of rotatable bonds is 9. The summed E-state index contributed by atoms with van der Waals surface area (Å²) in [5.74, 6) is -0.609. The zero-order valence-electron chi connectivity index (χ0n) is 17.1. The highest BCUT2D eigenvalue weighted by Crippen LogP contribution is 2.14. The largest absolute Gasteiger partial charge is 0.467 e. The van der Waals surface area contributed by atoms with Crippen LogP contribution in [0.15, 0.2) is 30.3 Å². The number of ether oxygens (including phenoxy) is 2. The molecule has 0 saturated carbocycles. The smallest absolute Gasteiger partial charge is 0.410 e. The van der Waals surface area contributed by atoms with Crippen LogP contribution in [0.5, 0.6) is 0 Å². The van der Waals surface area contributed by atoms with Crippen LogP contribution in [-0.2, 0) is 24.1 Å². The summed E-state index contributed by atoms with van der Waals surface area (Å²) >= 11 is 0. The van der Waals surface area contributed by atoms with Gasteiger partial charge in [-0.3, -0.25) is 0 Å². The molecule has 0 saturated heterocycles. The number of sulfone groups is 1. The van der Waals surface area contributed by atoms with Crippen molar-refractivity contribution >= 4 is 27.6 Å². The molecule has 8 nitrogen and oxygen atoms in total. The van der Waals surface area contributed by atoms with E-state index >= 15 is 0 Å². The van der Waals surface area contributed by atoms with Gasteiger partial charge in [0.15, 0.2) is 0 Å². The van der Waals surface area contributed by atoms with Gasteiger partial charge in [-0.05, 0) is 39.3 Å². The second-order valence-corrected chi connectivity index (χ2v) is 9.76. The number of amides is 1. The topological polar surface area (TPSA) is 102 Å². The number of methoxy groups -OCH3 is 1. The third-order valence-corrected chi connectivity index (χ3v) is 4.63. The van der Waals surface area contributed by atoms with E-state index in [4.69, 9.17) is 9.47 Å². The maximum Gasteiger partial charge on any atom is 0.410 e. The van der Waals surface area contributed by atoms with Crippen LogP contribution in [0.4, 0.5) is 10.5 Å². The second kappa shape index (κ2) is 10.3. The summed E-state index contributed by atoms with van der Waals surface area (Å²) < 4.78 is 33.1. The Bertz CT molecular complexity index is 743. The number of carbonyl (C=O) groups is 2. The lowest BCUT2D eigenvalue weighted by Gasteiger charge is -2.30. The van der Waals surface area contributed by atoms with Crippen molar-refractivity contribution in [2.45, 2.75) is 38.8 Å². The van der Waals surface area contributed by atoms with E-state index in [1.54, 1.807) is 32.9 Å². The molecule has 0 heterocycles. The van der Waals surface area contributed by atoms with Gasteiger partial charge < -0.3 is 19.7 Å². The first-order valence-corrected chi connectivity index (χ1v) is 11.0. The molecule has 1 rings (SSSR count). The number of hydrogen-bond acceptors (Lipinski definition) is 7. The van der Waals surface area contributed by atoms with Gasteiger partial charge in [-0.2, -0.15) is 0 Å². The molecule has 1 atom stereocenters. The highest BCUT2D eigenvalue weighted by atomic mass is 32.2. The molecule has 0 unspecified atom stereocenters. The van der Waals surface area contributed by atoms with E-state index in [-0.39, 0.29) is 25.3 Å². The third-order valence-electron chi connectivity index (χ3n) is 3.60. The Balaban J connectivity index is 2.96. The quantitative estimate of drug-likeness (QED) is 0.619. The van der Waals surface area contributed by atoms with Gasteiger partial charge in [-0.15, -0.1) is 0 Å². The number of para-hydroxylation sites is 1. The van der Waals surface area contributed by atoms with E-state index < -0.39 is 33.5 Å². The first kappa shape index (κ1) is 23.7. The predicted octanol–water partition coefficient (Wildman–Crippen LogP) is 2.31. The number of esters is 1. The first-order chi connectivity index (χ1) is 12.9. The Hall–Kier alpha value is -2.29. The SMILES string of the molecule is COC(=O)[C@H](CN(CCCS(C)(=O)=O)C(=O)OC(C)(C)C)Nc1ccccc1. The minimum absolute atomic E-state index is 0.0275. The molecule has 0 aromatic heterocycles. The van der Waals surface area contributed by atoms with Gasteiger partial charge in [0.1, 0.15) is 21.5 Å². The second-order valence-electron chi connectivity index (χ2n) is 7.50. The van der Waals surface area contributed by atoms with Crippen LogP contribution in [0.1, 0.15) is 27.2 Å². The number of benzene rings is 1. The fourth-order valence-electron chi connectivity index (χ4n) is 2.38. The third kappa shape index (κ3) is 9.59. The van der Waals surface area contributed by atoms with E-state index in [1.165, 1.54) is 12.0 Å². The summed E-state index contributed by atoms with van der Waals surface area (Å²) in [6.45, 7) is 5.31. The molecule has 0 radical (unpaired) electrons. The van der Waals surface area contributed by atoms with Crippen LogP contribution in [0.25, 0.3) is 0 Å². The minimum atomic E-state index is -3.16. The van der Waals surface area contributed by atoms with Gasteiger partial charge in [0, 0.05) is 18.5 Å². The lowest BCUT2D eigenvalue weighted by molar-refractivity contribution is -0.141. The van der Waals surface area contributed by atoms with Crippen molar-refractivity contribution in [2.75, 3.05) is 37.5 Å². The molecule has 0 fully saturated rings. The molecular formula is C19H30N2O6S. The van der Waals surface area contributed by atoms with Crippen molar-refractivity contribution in [3.05, 3.63) is 30.3 Å². The fraction of sp³-hybridized carbons (Fsp3) is 0.579. The number of nitrogens with zero attached hydrogens (tertiary/aromatic N) is 1. The molecule has 1 amide bonds. The van der Waals surface area contributed by atoms with E-state index in [9.17, 15) is 18.0 Å². The van der Waals surface area contributed by atoms with E-state index in [1.807, 2.05) is 18.2 Å². The van der Waals surface area contributed by atoms with Gasteiger partial charge >= 0.3 is 12.1 Å². The molecule has 9 heteroatoms. The van der Waals surface area contributed by atoms with Crippen molar-refractivity contribution < 1.29 is 27.5 Å². The van der Waals surface area contributed by atoms with Crippen LogP contribution >= 0.6 is 0 Å². The van der Waals surface area contributed by atoms with Gasteiger partial charge in [0.05, 0.1) is 19.4 Å². The summed E-state index contributed by atoms with van der Waals surface area (Å²) in [5.41, 5.74) is -0.0297. The molecule has 0 aliphatic rings. The molecule has 1 aromatic carbocycles. The van der Waals surface area contributed by atoms with Crippen molar-refractivity contribution in [3.63, 3.8) is 0 Å². The molecule has 0 aliphatic heterocycles. The monoisotopic (exact) mass is 414 g/mol. The van der Waals surface area contributed by atoms with Gasteiger partial charge in [-0.1, -0.05) is 18.2 Å². The van der Waals surface area contributed by atoms with Crippen LogP contribution in [0.3, 0.4) is 0 Å². The minimum Gasteiger partial charge on any atom is -0.467 e. The lowest BCUT2D eigenvalue weighted by atomic mass is 10.2. The molecule has 28 heavy (non-hydrogen) atoms. The zero-order valence-corrected chi connectivity index (χ0v) is 17.9. The van der Waals surface area contributed by atoms with Crippen LogP contribution in [0.2, 0.25) is 0 Å². The summed E-state index contributed by atoms with van der Waals surface area (Å²) in [6.07, 6.45) is 0.751. The highest BCUT2D eigenvalue weighted by Gasteiger charge is 2.28. The summed E-state index contributed by atoms with van der Waals surface area (Å²) in [4.78, 5) is 26.1. The lowest BCUT2D eigenvalue weighted by Crippen LogP contribution is -2.47. The number of carbonyl (C=O) groups excluding carboxylic acids is 2. The Labute approximate surface area is 167 Å². The number of nitrogens with one attached hydrogen (secondary N) is 1. The standard InChI is InChI=1S/C19H30N2O6S/c1-19(2,3)27-18(23)21(12-9-13-28(5,24)25)14-16(17(22)26-4)20-15-10-7-6-8-11-15/h6-8,10-11,16,20H,9,12-14H2,1-5H3/t16-/m0/s1. The van der Waals surface area contributed by atoms with Crippen molar-refractivity contribution in [1.82, 2.24) is 4.90 Å². The maximum absolute atomic E-state index is 12.6. The Morgan fingerprint density at radius 2 is 1.79 bits per heavy atom. The van der Waals surface area contributed by atoms with Gasteiger partial charge in [0.25, 0.3) is 0 Å². The normalized spacial score (nSPS) is 12.8. The highest BCUT2D eigenvalue weighted by molar-refractivity contribution is 7.90. The molecule has 0 spiro atoms. The van der Waals surface area contributed by atoms with Crippen molar-refractivity contribution in [1.29, 1.82) is 0 Å². The number of hydrogen-bond donors (Lipinski definition) is 1. The molecule has 0 aliphatic carbocycles. The van der Waals surface area contributed by atoms with Crippen molar-refractivity contribution in [2.24, 2.45) is 0 Å². The Kier molecular flexibility index (Phi) is 8.74. The Morgan fingerprint density at radius 3 is 2.29 bits per heavy atom. The van der Waals surface area contributed by atoms with Gasteiger partial charge in [0.2, 0.25) is 0 Å². The fourth-order valence-corrected chi connectivity index (χ4v) is 3.03. The van der Waals surface area contributed by atoms with Crippen molar-refractivity contribution in [3.8, 4) is 0 Å². The number of anilines is 1. The average Bonchev–Trinajstić information content (AvgIpc) is 2.57. The zero-order chi connectivity index (χ0) is 21.4.